The van der Waals surface area contributed by atoms with Gasteiger partial charge in [0.25, 0.3) is 0 Å². The Labute approximate surface area is 82.5 Å². The van der Waals surface area contributed by atoms with Gasteiger partial charge >= 0.3 is 5.97 Å². The van der Waals surface area contributed by atoms with Crippen molar-refractivity contribution >= 4 is 17.6 Å². The van der Waals surface area contributed by atoms with E-state index >= 15 is 0 Å². The number of carbonyl (C=O) groups excluding carboxylic acids is 1. The number of cyclic esters (lactones) is 1. The number of hydrogen-bond acceptors (Lipinski definition) is 2. The Balaban J connectivity index is 2.47. The third kappa shape index (κ3) is 3.47. The molecule has 0 aromatic rings. The number of esters is 1. The molecule has 0 amide bonds. The largest absolute Gasteiger partial charge is 0.462 e. The van der Waals surface area contributed by atoms with Gasteiger partial charge in [0, 0.05) is 17.0 Å². The Morgan fingerprint density at radius 1 is 1.85 bits per heavy atom. The van der Waals surface area contributed by atoms with Crippen molar-refractivity contribution in [1.82, 2.24) is 0 Å². The fourth-order valence-corrected chi connectivity index (χ4v) is 1.37. The predicted molar refractivity (Wildman–Crippen MR) is 52.3 cm³/mol. The van der Waals surface area contributed by atoms with E-state index in [1.165, 1.54) is 6.08 Å². The monoisotopic (exact) mass is 198 g/mol. The van der Waals surface area contributed by atoms with Crippen molar-refractivity contribution in [2.24, 2.45) is 5.92 Å². The second-order valence-corrected chi connectivity index (χ2v) is 3.29. The molecule has 3 heteroatoms. The lowest BCUT2D eigenvalue weighted by Gasteiger charge is -2.15. The van der Waals surface area contributed by atoms with E-state index < -0.39 is 0 Å². The van der Waals surface area contributed by atoms with Crippen LogP contribution < -0.4 is 0 Å². The number of hydrogen-bond donors (Lipinski definition) is 0. The first kappa shape index (κ1) is 10.1. The van der Waals surface area contributed by atoms with Crippen LogP contribution in [0.5, 0.6) is 0 Å². The lowest BCUT2D eigenvalue weighted by molar-refractivity contribution is -0.139. The van der Waals surface area contributed by atoms with E-state index in [4.69, 9.17) is 16.3 Å². The Hall–Kier alpha value is -1.02. The van der Waals surface area contributed by atoms with Crippen molar-refractivity contribution in [3.05, 3.63) is 35.9 Å². The van der Waals surface area contributed by atoms with Crippen LogP contribution in [0, 0.1) is 5.92 Å². The standard InChI is InChI=1S/C10H11ClO2/c1-2-3-9(11)6-8-4-5-10(12)13-7-8/h2-5,8H,1,6-7H2/b9-3+. The minimum Gasteiger partial charge on any atom is -0.462 e. The molecule has 1 aliphatic rings. The van der Waals surface area contributed by atoms with Crippen LogP contribution in [0.25, 0.3) is 0 Å². The van der Waals surface area contributed by atoms with Gasteiger partial charge < -0.3 is 4.74 Å². The van der Waals surface area contributed by atoms with Gasteiger partial charge in [0.15, 0.2) is 0 Å². The molecule has 0 saturated heterocycles. The molecule has 1 rings (SSSR count). The fraction of sp³-hybridized carbons (Fsp3) is 0.300. The summed E-state index contributed by atoms with van der Waals surface area (Å²) in [5.74, 6) is -0.0820. The van der Waals surface area contributed by atoms with Crippen molar-refractivity contribution in [2.75, 3.05) is 6.61 Å². The van der Waals surface area contributed by atoms with E-state index in [1.807, 2.05) is 6.08 Å². The summed E-state index contributed by atoms with van der Waals surface area (Å²) in [4.78, 5) is 10.6. The Morgan fingerprint density at radius 2 is 2.62 bits per heavy atom. The van der Waals surface area contributed by atoms with E-state index in [2.05, 4.69) is 6.58 Å². The Bertz CT molecular complexity index is 266. The summed E-state index contributed by atoms with van der Waals surface area (Å²) in [5.41, 5.74) is 0. The first-order valence-corrected chi connectivity index (χ1v) is 4.42. The van der Waals surface area contributed by atoms with Crippen LogP contribution in [0.15, 0.2) is 35.9 Å². The molecule has 0 fully saturated rings. The van der Waals surface area contributed by atoms with Crippen LogP contribution in [0.4, 0.5) is 0 Å². The third-order valence-corrected chi connectivity index (χ3v) is 1.98. The molecule has 0 aromatic heterocycles. The maximum absolute atomic E-state index is 10.6. The van der Waals surface area contributed by atoms with Crippen LogP contribution in [-0.4, -0.2) is 12.6 Å². The van der Waals surface area contributed by atoms with Crippen LogP contribution >= 0.6 is 11.6 Å². The number of rotatable bonds is 3. The number of ether oxygens (including phenoxy) is 1. The van der Waals surface area contributed by atoms with E-state index in [-0.39, 0.29) is 11.9 Å². The Kier molecular flexibility index (Phi) is 3.77. The predicted octanol–water partition coefficient (Wildman–Crippen LogP) is 2.41. The number of carbonyl (C=O) groups is 1. The first-order valence-electron chi connectivity index (χ1n) is 4.04. The minimum atomic E-state index is -0.278. The van der Waals surface area contributed by atoms with Crippen LogP contribution in [0.3, 0.4) is 0 Å². The SMILES string of the molecule is C=C/C=C(/Cl)CC1C=CC(=O)OC1. The van der Waals surface area contributed by atoms with Crippen molar-refractivity contribution < 1.29 is 9.53 Å². The van der Waals surface area contributed by atoms with E-state index in [1.54, 1.807) is 12.2 Å². The average Bonchev–Trinajstić information content (AvgIpc) is 2.09. The molecule has 1 aliphatic heterocycles. The van der Waals surface area contributed by atoms with Crippen LogP contribution in [-0.2, 0) is 9.53 Å². The van der Waals surface area contributed by atoms with Crippen molar-refractivity contribution in [1.29, 1.82) is 0 Å². The van der Waals surface area contributed by atoms with Gasteiger partial charge in [-0.3, -0.25) is 0 Å². The molecular formula is C10H11ClO2. The van der Waals surface area contributed by atoms with E-state index in [0.29, 0.717) is 13.0 Å². The summed E-state index contributed by atoms with van der Waals surface area (Å²) < 4.78 is 4.83. The maximum Gasteiger partial charge on any atom is 0.330 e. The van der Waals surface area contributed by atoms with Crippen molar-refractivity contribution in [3.8, 4) is 0 Å². The maximum atomic E-state index is 10.6. The summed E-state index contributed by atoms with van der Waals surface area (Å²) in [7, 11) is 0. The van der Waals surface area contributed by atoms with Gasteiger partial charge in [-0.15, -0.1) is 0 Å². The normalized spacial score (nSPS) is 22.7. The van der Waals surface area contributed by atoms with Crippen molar-refractivity contribution in [2.45, 2.75) is 6.42 Å². The molecule has 0 bridgehead atoms. The minimum absolute atomic E-state index is 0.196. The van der Waals surface area contributed by atoms with Gasteiger partial charge in [-0.05, 0) is 12.5 Å². The first-order chi connectivity index (χ1) is 6.22. The molecule has 2 nitrogen and oxygen atoms in total. The topological polar surface area (TPSA) is 26.3 Å². The highest BCUT2D eigenvalue weighted by Gasteiger charge is 2.14. The van der Waals surface area contributed by atoms with Gasteiger partial charge in [0.2, 0.25) is 0 Å². The van der Waals surface area contributed by atoms with Crippen molar-refractivity contribution in [3.63, 3.8) is 0 Å². The molecule has 70 valence electrons. The molecule has 0 saturated carbocycles. The van der Waals surface area contributed by atoms with Gasteiger partial charge in [0.05, 0.1) is 6.61 Å². The van der Waals surface area contributed by atoms with Gasteiger partial charge in [-0.2, -0.15) is 0 Å². The third-order valence-electron chi connectivity index (χ3n) is 1.70. The highest BCUT2D eigenvalue weighted by molar-refractivity contribution is 6.29. The molecular weight excluding hydrogens is 188 g/mol. The second kappa shape index (κ2) is 4.87. The van der Waals surface area contributed by atoms with Gasteiger partial charge in [0.1, 0.15) is 0 Å². The quantitative estimate of drug-likeness (QED) is 0.514. The summed E-state index contributed by atoms with van der Waals surface area (Å²) in [5, 5.41) is 0.725. The number of allylic oxidation sites excluding steroid dienone is 3. The summed E-state index contributed by atoms with van der Waals surface area (Å²) in [6.45, 7) is 3.95. The number of halogens is 1. The highest BCUT2D eigenvalue weighted by Crippen LogP contribution is 2.19. The zero-order valence-electron chi connectivity index (χ0n) is 7.20. The van der Waals surface area contributed by atoms with Crippen LogP contribution in [0.2, 0.25) is 0 Å². The summed E-state index contributed by atoms with van der Waals surface area (Å²) >= 11 is 5.87. The molecule has 0 spiro atoms. The zero-order valence-corrected chi connectivity index (χ0v) is 7.96. The molecule has 0 radical (unpaired) electrons. The molecule has 1 unspecified atom stereocenters. The average molecular weight is 199 g/mol. The Morgan fingerprint density at radius 3 is 3.15 bits per heavy atom. The highest BCUT2D eigenvalue weighted by atomic mass is 35.5. The molecule has 1 heterocycles. The zero-order chi connectivity index (χ0) is 9.68. The van der Waals surface area contributed by atoms with E-state index in [0.717, 1.165) is 5.03 Å². The summed E-state index contributed by atoms with van der Waals surface area (Å²) in [6, 6.07) is 0. The summed E-state index contributed by atoms with van der Waals surface area (Å²) in [6.07, 6.45) is 7.33. The molecule has 1 atom stereocenters. The second-order valence-electron chi connectivity index (χ2n) is 2.80. The smallest absolute Gasteiger partial charge is 0.330 e. The molecule has 0 aliphatic carbocycles. The lowest BCUT2D eigenvalue weighted by Crippen LogP contribution is -2.16. The van der Waals surface area contributed by atoms with E-state index in [9.17, 15) is 4.79 Å². The molecule has 0 aromatic carbocycles. The lowest BCUT2D eigenvalue weighted by atomic mass is 10.0. The molecule has 0 N–H and O–H groups in total. The molecule has 13 heavy (non-hydrogen) atoms. The van der Waals surface area contributed by atoms with Gasteiger partial charge in [-0.1, -0.05) is 30.3 Å². The fourth-order valence-electron chi connectivity index (χ4n) is 1.08. The van der Waals surface area contributed by atoms with Crippen LogP contribution in [0.1, 0.15) is 6.42 Å². The van der Waals surface area contributed by atoms with Gasteiger partial charge in [-0.25, -0.2) is 4.79 Å².